The van der Waals surface area contributed by atoms with Crippen molar-refractivity contribution in [2.45, 2.75) is 26.7 Å². The van der Waals surface area contributed by atoms with E-state index in [0.717, 1.165) is 6.66 Å². The van der Waals surface area contributed by atoms with Gasteiger partial charge in [-0.05, 0) is 28.2 Å². The zero-order valence-electron chi connectivity index (χ0n) is 11.9. The summed E-state index contributed by atoms with van der Waals surface area (Å²) in [6.07, 6.45) is 2.64. The Morgan fingerprint density at radius 2 is 1.29 bits per heavy atom. The molecule has 0 amide bonds. The van der Waals surface area contributed by atoms with Gasteiger partial charge in [0.2, 0.25) is 0 Å². The molecule has 0 aromatic carbocycles. The molecule has 0 spiro atoms. The first-order valence-corrected chi connectivity index (χ1v) is 9.04. The lowest BCUT2D eigenvalue weighted by Crippen LogP contribution is -2.21. The molecule has 0 radical (unpaired) electrons. The van der Waals surface area contributed by atoms with Crippen LogP contribution in [0, 0.1) is 0 Å². The summed E-state index contributed by atoms with van der Waals surface area (Å²) in [4.78, 5) is 8.96. The van der Waals surface area contributed by atoms with Crippen LogP contribution in [0.4, 0.5) is 0 Å². The summed E-state index contributed by atoms with van der Waals surface area (Å²) in [6.45, 7) is 5.37. The Kier molecular flexibility index (Phi) is 9.71. The van der Waals surface area contributed by atoms with Gasteiger partial charge in [-0.3, -0.25) is 9.13 Å². The van der Waals surface area contributed by atoms with Crippen LogP contribution in [0.25, 0.3) is 0 Å². The zero-order chi connectivity index (χ0) is 14.3. The van der Waals surface area contributed by atoms with E-state index in [-0.39, 0.29) is 0 Å². The standard InChI is InChI=1S/C5H16N2O4P2.C4H10/c1-6(2)13(10,7(3)4)11-12(5,8)9;1-3-4-2/h1-5H3,(H,8,9);3-4H2,1-2H3. The van der Waals surface area contributed by atoms with Gasteiger partial charge in [0.15, 0.2) is 0 Å². The van der Waals surface area contributed by atoms with E-state index in [0.29, 0.717) is 0 Å². The van der Waals surface area contributed by atoms with Gasteiger partial charge < -0.3 is 4.89 Å². The molecule has 0 saturated carbocycles. The highest BCUT2D eigenvalue weighted by molar-refractivity contribution is 7.66. The second-order valence-electron chi connectivity index (χ2n) is 4.07. The van der Waals surface area contributed by atoms with Crippen molar-refractivity contribution in [3.63, 3.8) is 0 Å². The molecule has 0 saturated heterocycles. The number of rotatable bonds is 5. The normalized spacial score (nSPS) is 15.4. The predicted molar refractivity (Wildman–Crippen MR) is 72.4 cm³/mol. The Labute approximate surface area is 105 Å². The highest BCUT2D eigenvalue weighted by Gasteiger charge is 2.35. The van der Waals surface area contributed by atoms with Gasteiger partial charge in [0.1, 0.15) is 0 Å². The Balaban J connectivity index is 0. The van der Waals surface area contributed by atoms with E-state index in [1.165, 1.54) is 50.4 Å². The third-order valence-corrected chi connectivity index (χ3v) is 5.85. The fourth-order valence-electron chi connectivity index (χ4n) is 0.701. The summed E-state index contributed by atoms with van der Waals surface area (Å²) < 4.78 is 30.1. The first-order chi connectivity index (χ1) is 7.51. The molecular formula is C9H26N2O4P2. The molecule has 106 valence electrons. The Bertz CT molecular complexity index is 275. The molecular weight excluding hydrogens is 262 g/mol. The fraction of sp³-hybridized carbons (Fsp3) is 1.00. The zero-order valence-corrected chi connectivity index (χ0v) is 13.7. The van der Waals surface area contributed by atoms with Crippen molar-refractivity contribution in [1.82, 2.24) is 9.34 Å². The minimum absolute atomic E-state index is 1.01. The molecule has 1 N–H and O–H groups in total. The van der Waals surface area contributed by atoms with E-state index in [2.05, 4.69) is 18.2 Å². The molecule has 0 aliphatic carbocycles. The average molecular weight is 288 g/mol. The molecule has 0 fully saturated rings. The highest BCUT2D eigenvalue weighted by atomic mass is 31.3. The molecule has 6 nitrogen and oxygen atoms in total. The predicted octanol–water partition coefficient (Wildman–Crippen LogP) is 2.86. The lowest BCUT2D eigenvalue weighted by atomic mass is 10.4. The number of nitrogens with zero attached hydrogens (tertiary/aromatic N) is 2. The SMILES string of the molecule is CCCC.CN(C)P(=O)(OP(C)(=O)O)N(C)C. The monoisotopic (exact) mass is 288 g/mol. The van der Waals surface area contributed by atoms with E-state index < -0.39 is 15.3 Å². The molecule has 1 unspecified atom stereocenters. The van der Waals surface area contributed by atoms with Crippen LogP contribution < -0.4 is 0 Å². The molecule has 0 aliphatic heterocycles. The first-order valence-electron chi connectivity index (χ1n) is 5.48. The van der Waals surface area contributed by atoms with E-state index in [1.807, 2.05) is 0 Å². The number of hydrogen-bond donors (Lipinski definition) is 1. The molecule has 0 aliphatic rings. The largest absolute Gasteiger partial charge is 0.352 e. The maximum absolute atomic E-state index is 11.9. The van der Waals surface area contributed by atoms with Crippen molar-refractivity contribution >= 4 is 15.3 Å². The lowest BCUT2D eigenvalue weighted by Gasteiger charge is -2.29. The van der Waals surface area contributed by atoms with Crippen LogP contribution in [-0.4, -0.2) is 49.1 Å². The van der Waals surface area contributed by atoms with E-state index in [1.54, 1.807) is 0 Å². The third-order valence-electron chi connectivity index (χ3n) is 1.77. The summed E-state index contributed by atoms with van der Waals surface area (Å²) in [5, 5.41) is 0. The second kappa shape index (κ2) is 8.41. The molecule has 0 bridgehead atoms. The summed E-state index contributed by atoms with van der Waals surface area (Å²) >= 11 is 0. The van der Waals surface area contributed by atoms with Gasteiger partial charge in [0.25, 0.3) is 0 Å². The summed E-state index contributed by atoms with van der Waals surface area (Å²) in [5.74, 6) is 0. The van der Waals surface area contributed by atoms with E-state index >= 15 is 0 Å². The van der Waals surface area contributed by atoms with Crippen molar-refractivity contribution < 1.29 is 18.3 Å². The van der Waals surface area contributed by atoms with E-state index in [9.17, 15) is 9.13 Å². The van der Waals surface area contributed by atoms with Crippen LogP contribution in [0.2, 0.25) is 0 Å². The third kappa shape index (κ3) is 8.95. The molecule has 0 aromatic heterocycles. The number of hydrogen-bond acceptors (Lipinski definition) is 3. The minimum atomic E-state index is -3.74. The minimum Gasteiger partial charge on any atom is -0.324 e. The molecule has 0 heterocycles. The molecule has 8 heteroatoms. The smallest absolute Gasteiger partial charge is 0.324 e. The summed E-state index contributed by atoms with van der Waals surface area (Å²) in [6, 6.07) is 0. The van der Waals surface area contributed by atoms with Gasteiger partial charge in [-0.25, -0.2) is 13.7 Å². The van der Waals surface area contributed by atoms with Gasteiger partial charge in [0, 0.05) is 6.66 Å². The Morgan fingerprint density at radius 3 is 1.35 bits per heavy atom. The van der Waals surface area contributed by atoms with Crippen LogP contribution in [0.5, 0.6) is 0 Å². The van der Waals surface area contributed by atoms with Crippen molar-refractivity contribution in [2.24, 2.45) is 0 Å². The Morgan fingerprint density at radius 1 is 1.00 bits per heavy atom. The molecule has 0 aromatic rings. The van der Waals surface area contributed by atoms with Crippen LogP contribution >= 0.6 is 15.3 Å². The summed E-state index contributed by atoms with van der Waals surface area (Å²) in [5.41, 5.74) is 0. The van der Waals surface area contributed by atoms with Gasteiger partial charge >= 0.3 is 15.3 Å². The van der Waals surface area contributed by atoms with Gasteiger partial charge in [-0.2, -0.15) is 0 Å². The van der Waals surface area contributed by atoms with E-state index in [4.69, 9.17) is 4.89 Å². The maximum Gasteiger partial charge on any atom is 0.352 e. The van der Waals surface area contributed by atoms with Crippen molar-refractivity contribution in [2.75, 3.05) is 34.9 Å². The van der Waals surface area contributed by atoms with Gasteiger partial charge in [-0.1, -0.05) is 26.7 Å². The summed E-state index contributed by atoms with van der Waals surface area (Å²) in [7, 11) is -0.976. The molecule has 17 heavy (non-hydrogen) atoms. The van der Waals surface area contributed by atoms with Gasteiger partial charge in [-0.15, -0.1) is 0 Å². The van der Waals surface area contributed by atoms with Crippen molar-refractivity contribution in [3.8, 4) is 0 Å². The van der Waals surface area contributed by atoms with Crippen LogP contribution in [0.1, 0.15) is 26.7 Å². The maximum atomic E-state index is 11.9. The average Bonchev–Trinajstić information content (AvgIpc) is 2.15. The van der Waals surface area contributed by atoms with Crippen LogP contribution in [0.15, 0.2) is 0 Å². The quantitative estimate of drug-likeness (QED) is 0.784. The van der Waals surface area contributed by atoms with Crippen molar-refractivity contribution in [3.05, 3.63) is 0 Å². The fourth-order valence-corrected chi connectivity index (χ4v) is 4.16. The highest BCUT2D eigenvalue weighted by Crippen LogP contribution is 2.61. The molecule has 0 rings (SSSR count). The van der Waals surface area contributed by atoms with Crippen LogP contribution in [-0.2, 0) is 13.4 Å². The van der Waals surface area contributed by atoms with Crippen molar-refractivity contribution in [1.29, 1.82) is 0 Å². The Hall–Kier alpha value is 0.300. The topological polar surface area (TPSA) is 70.1 Å². The molecule has 1 atom stereocenters. The van der Waals surface area contributed by atoms with Crippen LogP contribution in [0.3, 0.4) is 0 Å². The first kappa shape index (κ1) is 19.6. The van der Waals surface area contributed by atoms with Gasteiger partial charge in [0.05, 0.1) is 0 Å². The lowest BCUT2D eigenvalue weighted by molar-refractivity contribution is 0.320. The number of unbranched alkanes of at least 4 members (excludes halogenated alkanes) is 1. The second-order valence-corrected chi connectivity index (χ2v) is 8.91.